The lowest BCUT2D eigenvalue weighted by Gasteiger charge is -2.38. The Morgan fingerprint density at radius 3 is 2.96 bits per heavy atom. The van der Waals surface area contributed by atoms with Crippen LogP contribution >= 0.6 is 0 Å². The maximum atomic E-state index is 13.5. The van der Waals surface area contributed by atoms with Crippen LogP contribution in [0, 0.1) is 35.9 Å². The lowest BCUT2D eigenvalue weighted by molar-refractivity contribution is 0.0581. The minimum atomic E-state index is -0.318. The third kappa shape index (κ3) is 1.96. The van der Waals surface area contributed by atoms with E-state index in [1.807, 2.05) is 6.92 Å². The zero-order valence-electron chi connectivity index (χ0n) is 14.1. The topological polar surface area (TPSA) is 30.2 Å². The number of fused-ring (bicyclic) bond motifs is 3. The van der Waals surface area contributed by atoms with Gasteiger partial charge in [0.15, 0.2) is 5.76 Å². The average Bonchev–Trinajstić information content (AvgIpc) is 2.98. The predicted molar refractivity (Wildman–Crippen MR) is 90.5 cm³/mol. The molecule has 3 fully saturated rings. The summed E-state index contributed by atoms with van der Waals surface area (Å²) < 4.78 is 19.4. The highest BCUT2D eigenvalue weighted by Crippen LogP contribution is 2.59. The second-order valence-electron chi connectivity index (χ2n) is 8.46. The monoisotopic (exact) mass is 326 g/mol. The molecule has 4 atom stereocenters. The Morgan fingerprint density at radius 1 is 1.25 bits per heavy atom. The average molecular weight is 326 g/mol. The van der Waals surface area contributed by atoms with Crippen LogP contribution in [-0.4, -0.2) is 5.78 Å². The van der Waals surface area contributed by atoms with E-state index in [9.17, 15) is 9.18 Å². The highest BCUT2D eigenvalue weighted by atomic mass is 19.1. The summed E-state index contributed by atoms with van der Waals surface area (Å²) in [4.78, 5) is 13.5. The van der Waals surface area contributed by atoms with Gasteiger partial charge in [-0.05, 0) is 68.9 Å². The van der Waals surface area contributed by atoms with Gasteiger partial charge in [0.2, 0.25) is 5.78 Å². The summed E-state index contributed by atoms with van der Waals surface area (Å²) in [6.07, 6.45) is 8.17. The number of Topliss-reactive ketones (excluding diaryl/α,β-unsaturated/α-hetero) is 1. The Balaban J connectivity index is 1.59. The summed E-state index contributed by atoms with van der Waals surface area (Å²) in [6.45, 7) is 1.94. The fraction of sp³-hybridized carbons (Fsp3) is 0.571. The molecule has 3 aliphatic rings. The van der Waals surface area contributed by atoms with Gasteiger partial charge in [0.1, 0.15) is 11.4 Å². The minimum absolute atomic E-state index is 0.189. The van der Waals surface area contributed by atoms with E-state index >= 15 is 0 Å². The minimum Gasteiger partial charge on any atom is -0.453 e. The molecule has 3 bridgehead atoms. The largest absolute Gasteiger partial charge is 0.453 e. The van der Waals surface area contributed by atoms with Gasteiger partial charge in [-0.3, -0.25) is 4.79 Å². The number of carbonyl (C=O) groups excluding carboxylic acids is 1. The van der Waals surface area contributed by atoms with E-state index in [4.69, 9.17) is 4.42 Å². The third-order valence-electron chi connectivity index (χ3n) is 7.09. The molecule has 0 spiro atoms. The second-order valence-corrected chi connectivity index (χ2v) is 8.46. The highest BCUT2D eigenvalue weighted by Gasteiger charge is 2.53. The Bertz CT molecular complexity index is 836. The molecule has 126 valence electrons. The fourth-order valence-electron chi connectivity index (χ4n) is 6.11. The first-order valence-electron chi connectivity index (χ1n) is 9.29. The van der Waals surface area contributed by atoms with E-state index in [-0.39, 0.29) is 17.0 Å². The van der Waals surface area contributed by atoms with E-state index in [1.165, 1.54) is 31.4 Å². The summed E-state index contributed by atoms with van der Waals surface area (Å²) in [7, 11) is 0. The second kappa shape index (κ2) is 4.93. The molecular formula is C21H23FO2. The van der Waals surface area contributed by atoms with Crippen molar-refractivity contribution in [1.82, 2.24) is 0 Å². The SMILES string of the molecule is Cc1c(C(=O)C23CCCC4CC(CC4C2)C3)oc2cc(F)ccc12. The van der Waals surface area contributed by atoms with E-state index < -0.39 is 0 Å². The maximum absolute atomic E-state index is 13.5. The number of hydrogen-bond acceptors (Lipinski definition) is 2. The van der Waals surface area contributed by atoms with Gasteiger partial charge in [-0.25, -0.2) is 4.39 Å². The van der Waals surface area contributed by atoms with Gasteiger partial charge in [0, 0.05) is 22.4 Å². The van der Waals surface area contributed by atoms with Crippen LogP contribution in [0.15, 0.2) is 22.6 Å². The molecule has 1 aromatic carbocycles. The van der Waals surface area contributed by atoms with Crippen LogP contribution in [0.25, 0.3) is 11.0 Å². The van der Waals surface area contributed by atoms with Crippen molar-refractivity contribution in [3.05, 3.63) is 35.3 Å². The first kappa shape index (κ1) is 14.7. The highest BCUT2D eigenvalue weighted by molar-refractivity contribution is 6.03. The molecule has 3 aliphatic carbocycles. The molecule has 5 rings (SSSR count). The van der Waals surface area contributed by atoms with Crippen molar-refractivity contribution in [2.24, 2.45) is 23.2 Å². The molecule has 1 aromatic heterocycles. The Kier molecular flexibility index (Phi) is 3.02. The molecule has 0 radical (unpaired) electrons. The summed E-state index contributed by atoms with van der Waals surface area (Å²) in [5, 5.41) is 0.862. The van der Waals surface area contributed by atoms with Gasteiger partial charge in [0.05, 0.1) is 0 Å². The predicted octanol–water partition coefficient (Wildman–Crippen LogP) is 5.67. The molecule has 0 amide bonds. The van der Waals surface area contributed by atoms with Gasteiger partial charge >= 0.3 is 0 Å². The van der Waals surface area contributed by atoms with E-state index in [0.29, 0.717) is 11.3 Å². The first-order chi connectivity index (χ1) is 11.6. The van der Waals surface area contributed by atoms with Crippen LogP contribution in [0.3, 0.4) is 0 Å². The fourth-order valence-corrected chi connectivity index (χ4v) is 6.11. The molecule has 3 saturated carbocycles. The van der Waals surface area contributed by atoms with Crippen molar-refractivity contribution >= 4 is 16.8 Å². The van der Waals surface area contributed by atoms with Crippen molar-refractivity contribution in [2.45, 2.75) is 51.9 Å². The lowest BCUT2D eigenvalue weighted by atomic mass is 9.64. The van der Waals surface area contributed by atoms with Crippen LogP contribution in [0.4, 0.5) is 4.39 Å². The number of rotatable bonds is 2. The van der Waals surface area contributed by atoms with Crippen LogP contribution < -0.4 is 0 Å². The van der Waals surface area contributed by atoms with Crippen molar-refractivity contribution < 1.29 is 13.6 Å². The molecule has 3 heteroatoms. The number of hydrogen-bond donors (Lipinski definition) is 0. The van der Waals surface area contributed by atoms with Gasteiger partial charge < -0.3 is 4.42 Å². The summed E-state index contributed by atoms with van der Waals surface area (Å²) in [5.74, 6) is 2.65. The van der Waals surface area contributed by atoms with Crippen molar-refractivity contribution in [2.75, 3.05) is 0 Å². The molecule has 1 heterocycles. The summed E-state index contributed by atoms with van der Waals surface area (Å²) >= 11 is 0. The maximum Gasteiger partial charge on any atom is 0.204 e. The quantitative estimate of drug-likeness (QED) is 0.666. The number of carbonyl (C=O) groups is 1. The zero-order chi connectivity index (χ0) is 16.5. The van der Waals surface area contributed by atoms with E-state index in [0.717, 1.165) is 54.4 Å². The van der Waals surface area contributed by atoms with Crippen molar-refractivity contribution in [1.29, 1.82) is 0 Å². The van der Waals surface area contributed by atoms with Gasteiger partial charge in [-0.1, -0.05) is 12.8 Å². The van der Waals surface area contributed by atoms with Crippen LogP contribution in [0.5, 0.6) is 0 Å². The van der Waals surface area contributed by atoms with Crippen LogP contribution in [0.1, 0.15) is 61.1 Å². The standard InChI is InChI=1S/C21H23FO2/c1-12-17-5-4-16(22)9-18(17)24-19(12)20(23)21-6-2-3-14-7-13(10-21)8-15(14)11-21/h4-5,9,13-15H,2-3,6-8,10-11H2,1H3. The molecular weight excluding hydrogens is 303 g/mol. The van der Waals surface area contributed by atoms with Gasteiger partial charge in [-0.2, -0.15) is 0 Å². The molecule has 0 aliphatic heterocycles. The van der Waals surface area contributed by atoms with Crippen LogP contribution in [0.2, 0.25) is 0 Å². The molecule has 0 saturated heterocycles. The molecule has 24 heavy (non-hydrogen) atoms. The van der Waals surface area contributed by atoms with E-state index in [2.05, 4.69) is 0 Å². The van der Waals surface area contributed by atoms with Crippen molar-refractivity contribution in [3.63, 3.8) is 0 Å². The number of furan rings is 1. The van der Waals surface area contributed by atoms with E-state index in [1.54, 1.807) is 6.07 Å². The summed E-state index contributed by atoms with van der Waals surface area (Å²) in [5.41, 5.74) is 1.15. The Labute approximate surface area is 141 Å². The Morgan fingerprint density at radius 2 is 2.08 bits per heavy atom. The smallest absolute Gasteiger partial charge is 0.204 e. The zero-order valence-corrected chi connectivity index (χ0v) is 14.1. The molecule has 0 N–H and O–H groups in total. The first-order valence-corrected chi connectivity index (χ1v) is 9.29. The van der Waals surface area contributed by atoms with Crippen LogP contribution in [-0.2, 0) is 0 Å². The lowest BCUT2D eigenvalue weighted by Crippen LogP contribution is -2.37. The third-order valence-corrected chi connectivity index (χ3v) is 7.09. The molecule has 4 unspecified atom stereocenters. The number of benzene rings is 1. The number of ketones is 1. The van der Waals surface area contributed by atoms with Crippen molar-refractivity contribution in [3.8, 4) is 0 Å². The number of aryl methyl sites for hydroxylation is 1. The summed E-state index contributed by atoms with van der Waals surface area (Å²) in [6, 6.07) is 4.56. The molecule has 2 nitrogen and oxygen atoms in total. The normalized spacial score (nSPS) is 34.7. The van der Waals surface area contributed by atoms with Gasteiger partial charge in [-0.15, -0.1) is 0 Å². The van der Waals surface area contributed by atoms with Gasteiger partial charge in [0.25, 0.3) is 0 Å². The molecule has 2 aromatic rings. The number of halogens is 1. The Hall–Kier alpha value is -1.64.